The molecule has 3 unspecified atom stereocenters. The Labute approximate surface area is 204 Å². The van der Waals surface area contributed by atoms with Crippen LogP contribution in [0.2, 0.25) is 0 Å². The number of thioether (sulfide) groups is 1. The van der Waals surface area contributed by atoms with Crippen LogP contribution in [0.1, 0.15) is 5.56 Å². The summed E-state index contributed by atoms with van der Waals surface area (Å²) in [5.41, 5.74) is 1.00. The molecule has 2 amide bonds. The molecule has 5 N–H and O–H groups in total. The zero-order valence-electron chi connectivity index (χ0n) is 18.6. The van der Waals surface area contributed by atoms with E-state index < -0.39 is 24.1 Å². The van der Waals surface area contributed by atoms with Crippen LogP contribution in [0, 0.1) is 0 Å². The number of imide groups is 1. The highest BCUT2D eigenvalue weighted by Gasteiger charge is 2.31. The van der Waals surface area contributed by atoms with Gasteiger partial charge in [0.25, 0.3) is 5.24 Å². The smallest absolute Gasteiger partial charge is 0.335 e. The van der Waals surface area contributed by atoms with E-state index in [1.807, 2.05) is 54.4 Å². The molecule has 13 heteroatoms. The maximum absolute atomic E-state index is 11.6. The molecular formula is C22H25N3O9S. The molecule has 35 heavy (non-hydrogen) atoms. The number of carboxylic acids is 2. The number of pyridine rings is 1. The van der Waals surface area contributed by atoms with Crippen LogP contribution in [0.5, 0.6) is 5.75 Å². The fraction of sp³-hybridized carbons (Fsp3) is 0.318. The van der Waals surface area contributed by atoms with E-state index >= 15 is 0 Å². The van der Waals surface area contributed by atoms with Gasteiger partial charge in [-0.3, -0.25) is 14.9 Å². The molecule has 12 nitrogen and oxygen atoms in total. The highest BCUT2D eigenvalue weighted by molar-refractivity contribution is 8.15. The SMILES string of the molecule is CN(CCOc1ccc(CC2SC(=O)NC2=O)cc1)c1ccccn1.O=C(O)C(O)C(O)C(=O)O. The summed E-state index contributed by atoms with van der Waals surface area (Å²) < 4.78 is 5.75. The number of nitrogens with zero attached hydrogens (tertiary/aromatic N) is 2. The first kappa shape index (κ1) is 27.6. The number of aliphatic hydroxyl groups excluding tert-OH is 2. The van der Waals surface area contributed by atoms with Crippen LogP contribution in [0.15, 0.2) is 48.7 Å². The van der Waals surface area contributed by atoms with Gasteiger partial charge in [0.2, 0.25) is 5.91 Å². The topological polar surface area (TPSA) is 187 Å². The molecule has 2 heterocycles. The van der Waals surface area contributed by atoms with Gasteiger partial charge in [0.15, 0.2) is 12.2 Å². The lowest BCUT2D eigenvalue weighted by atomic mass is 10.1. The summed E-state index contributed by atoms with van der Waals surface area (Å²) in [6, 6.07) is 13.4. The molecule has 0 bridgehead atoms. The molecule has 1 saturated heterocycles. The number of carbonyl (C=O) groups excluding carboxylic acids is 2. The summed E-state index contributed by atoms with van der Waals surface area (Å²) in [6.07, 6.45) is -2.23. The summed E-state index contributed by atoms with van der Waals surface area (Å²) >= 11 is 1.05. The Balaban J connectivity index is 0.000000367. The molecule has 0 radical (unpaired) electrons. The second kappa shape index (κ2) is 13.3. The Hall–Kier alpha value is -3.68. The van der Waals surface area contributed by atoms with Crippen molar-refractivity contribution < 1.29 is 44.3 Å². The van der Waals surface area contributed by atoms with Gasteiger partial charge >= 0.3 is 11.9 Å². The Kier molecular flexibility index (Phi) is 10.5. The van der Waals surface area contributed by atoms with Gasteiger partial charge in [0.05, 0.1) is 11.8 Å². The molecule has 188 valence electrons. The number of aliphatic carboxylic acids is 2. The average Bonchev–Trinajstić information content (AvgIpc) is 3.16. The minimum absolute atomic E-state index is 0.215. The van der Waals surface area contributed by atoms with Crippen molar-refractivity contribution in [3.8, 4) is 5.75 Å². The van der Waals surface area contributed by atoms with Crippen molar-refractivity contribution >= 4 is 40.7 Å². The molecule has 1 aromatic carbocycles. The fourth-order valence-corrected chi connectivity index (χ4v) is 3.59. The number of ether oxygens (including phenoxy) is 1. The largest absolute Gasteiger partial charge is 0.492 e. The third-order valence-corrected chi connectivity index (χ3v) is 5.63. The summed E-state index contributed by atoms with van der Waals surface area (Å²) in [7, 11) is 1.97. The maximum Gasteiger partial charge on any atom is 0.335 e. The highest BCUT2D eigenvalue weighted by atomic mass is 32.2. The Morgan fingerprint density at radius 3 is 2.20 bits per heavy atom. The second-order valence-electron chi connectivity index (χ2n) is 7.26. The molecule has 0 aliphatic carbocycles. The number of benzene rings is 1. The second-order valence-corrected chi connectivity index (χ2v) is 8.43. The molecule has 0 spiro atoms. The standard InChI is InChI=1S/C18H19N3O3S.C4H6O6/c1-21(16-4-2-3-9-19-16)10-11-24-14-7-5-13(6-8-14)12-15-17(22)20-18(23)25-15;5-1(3(7)8)2(6)4(9)10/h2-9,15H,10-12H2,1H3,(H,20,22,23);1-2,5-6H,(H,7,8)(H,9,10). The molecule has 2 aromatic rings. The predicted octanol–water partition coefficient (Wildman–Crippen LogP) is 0.368. The molecule has 3 rings (SSSR count). The van der Waals surface area contributed by atoms with Crippen molar-refractivity contribution in [1.29, 1.82) is 0 Å². The zero-order valence-corrected chi connectivity index (χ0v) is 19.4. The van der Waals surface area contributed by atoms with Gasteiger partial charge < -0.3 is 30.1 Å². The van der Waals surface area contributed by atoms with Crippen molar-refractivity contribution in [2.45, 2.75) is 23.9 Å². The predicted molar refractivity (Wildman–Crippen MR) is 125 cm³/mol. The van der Waals surface area contributed by atoms with Gasteiger partial charge in [-0.25, -0.2) is 14.6 Å². The summed E-state index contributed by atoms with van der Waals surface area (Å²) in [4.78, 5) is 48.6. The Morgan fingerprint density at radius 2 is 1.71 bits per heavy atom. The van der Waals surface area contributed by atoms with Crippen molar-refractivity contribution in [2.75, 3.05) is 25.1 Å². The van der Waals surface area contributed by atoms with Gasteiger partial charge in [-0.05, 0) is 36.2 Å². The minimum atomic E-state index is -2.27. The first-order valence-corrected chi connectivity index (χ1v) is 11.1. The van der Waals surface area contributed by atoms with Crippen LogP contribution in [-0.4, -0.2) is 86.2 Å². The van der Waals surface area contributed by atoms with Gasteiger partial charge in [-0.15, -0.1) is 0 Å². The quantitative estimate of drug-likeness (QED) is 0.298. The number of anilines is 1. The molecule has 0 saturated carbocycles. The van der Waals surface area contributed by atoms with Crippen LogP contribution in [0.4, 0.5) is 10.6 Å². The zero-order chi connectivity index (χ0) is 26.0. The van der Waals surface area contributed by atoms with E-state index in [4.69, 9.17) is 25.2 Å². The normalized spacial score (nSPS) is 16.4. The number of hydrogen-bond donors (Lipinski definition) is 5. The first-order chi connectivity index (χ1) is 16.6. The van der Waals surface area contributed by atoms with E-state index in [2.05, 4.69) is 10.3 Å². The van der Waals surface area contributed by atoms with Gasteiger partial charge in [0, 0.05) is 13.2 Å². The number of carbonyl (C=O) groups is 4. The van der Waals surface area contributed by atoms with Gasteiger partial charge in [0.1, 0.15) is 18.2 Å². The molecule has 3 atom stereocenters. The van der Waals surface area contributed by atoms with E-state index in [0.717, 1.165) is 35.4 Å². The van der Waals surface area contributed by atoms with Crippen LogP contribution in [-0.2, 0) is 20.8 Å². The van der Waals surface area contributed by atoms with E-state index in [1.54, 1.807) is 6.20 Å². The van der Waals surface area contributed by atoms with E-state index in [1.165, 1.54) is 0 Å². The number of aromatic nitrogens is 1. The fourth-order valence-electron chi connectivity index (χ4n) is 2.73. The van der Waals surface area contributed by atoms with Crippen molar-refractivity contribution in [2.24, 2.45) is 0 Å². The van der Waals surface area contributed by atoms with E-state index in [-0.39, 0.29) is 16.4 Å². The number of hydrogen-bond acceptors (Lipinski definition) is 10. The average molecular weight is 508 g/mol. The number of carboxylic acid groups (broad SMARTS) is 2. The van der Waals surface area contributed by atoms with E-state index in [0.29, 0.717) is 13.0 Å². The number of likely N-dealkylation sites (N-methyl/N-ethyl adjacent to an activating group) is 1. The van der Waals surface area contributed by atoms with Crippen molar-refractivity contribution in [1.82, 2.24) is 10.3 Å². The van der Waals surface area contributed by atoms with Crippen LogP contribution in [0.3, 0.4) is 0 Å². The van der Waals surface area contributed by atoms with Crippen molar-refractivity contribution in [3.63, 3.8) is 0 Å². The lowest BCUT2D eigenvalue weighted by Gasteiger charge is -2.18. The minimum Gasteiger partial charge on any atom is -0.492 e. The monoisotopic (exact) mass is 507 g/mol. The first-order valence-electron chi connectivity index (χ1n) is 10.3. The Morgan fingerprint density at radius 1 is 1.09 bits per heavy atom. The third kappa shape index (κ3) is 8.88. The van der Waals surface area contributed by atoms with Crippen LogP contribution >= 0.6 is 11.8 Å². The number of aliphatic hydroxyl groups is 2. The summed E-state index contributed by atoms with van der Waals surface area (Å²) in [5.74, 6) is -2.07. The van der Waals surface area contributed by atoms with Gasteiger partial charge in [-0.2, -0.15) is 0 Å². The lowest BCUT2D eigenvalue weighted by molar-refractivity contribution is -0.165. The maximum atomic E-state index is 11.6. The molecule has 1 aliphatic heterocycles. The van der Waals surface area contributed by atoms with E-state index in [9.17, 15) is 19.2 Å². The van der Waals surface area contributed by atoms with Gasteiger partial charge in [-0.1, -0.05) is 30.0 Å². The number of rotatable bonds is 10. The number of amides is 2. The molecular weight excluding hydrogens is 482 g/mol. The van der Waals surface area contributed by atoms with Crippen molar-refractivity contribution in [3.05, 3.63) is 54.2 Å². The summed E-state index contributed by atoms with van der Waals surface area (Å²) in [6.45, 7) is 1.27. The Bertz CT molecular complexity index is 1000. The highest BCUT2D eigenvalue weighted by Crippen LogP contribution is 2.23. The number of nitrogens with one attached hydrogen (secondary N) is 1. The van der Waals surface area contributed by atoms with Crippen LogP contribution in [0.25, 0.3) is 0 Å². The van der Waals surface area contributed by atoms with Crippen LogP contribution < -0.4 is 15.0 Å². The molecule has 1 aliphatic rings. The third-order valence-electron chi connectivity index (χ3n) is 4.65. The molecule has 1 aromatic heterocycles. The summed E-state index contributed by atoms with van der Waals surface area (Å²) in [5, 5.41) is 34.2. The molecule has 1 fully saturated rings. The lowest BCUT2D eigenvalue weighted by Crippen LogP contribution is -2.39.